The third-order valence-electron chi connectivity index (χ3n) is 4.87. The van der Waals surface area contributed by atoms with Gasteiger partial charge in [0.05, 0.1) is 20.2 Å². The van der Waals surface area contributed by atoms with Gasteiger partial charge in [-0.2, -0.15) is 0 Å². The number of likely N-dealkylation sites (tertiary alicyclic amines) is 1. The van der Waals surface area contributed by atoms with Gasteiger partial charge in [0.15, 0.2) is 6.61 Å². The lowest BCUT2D eigenvalue weighted by atomic mass is 9.99. The molecule has 2 aromatic carbocycles. The van der Waals surface area contributed by atoms with Crippen LogP contribution in [0.4, 0.5) is 0 Å². The van der Waals surface area contributed by atoms with Gasteiger partial charge in [-0.05, 0) is 49.6 Å². The predicted octanol–water partition coefficient (Wildman–Crippen LogP) is 5.04. The molecule has 0 aliphatic carbocycles. The fraction of sp³-hybridized carbons (Fsp3) is 0.333. The highest BCUT2D eigenvalue weighted by Crippen LogP contribution is 2.33. The molecule has 1 aliphatic heterocycles. The average Bonchev–Trinajstić information content (AvgIpc) is 3.13. The van der Waals surface area contributed by atoms with E-state index >= 15 is 0 Å². The first-order valence-electron chi connectivity index (χ1n) is 9.12. The summed E-state index contributed by atoms with van der Waals surface area (Å²) in [4.78, 5) is 19.3. The minimum absolute atomic E-state index is 0.00150. The standard InChI is InChI=1S/C21H21ClN2O2S/c1-14-8-9-16(22)18(11-14)26-13-20(25)24-10-4-5-15(12-24)21-23-17-6-2-3-7-19(17)27-21/h2-3,6-9,11,15H,4-5,10,12-13H2,1H3/t15-/m1/s1. The van der Waals surface area contributed by atoms with Gasteiger partial charge >= 0.3 is 0 Å². The fourth-order valence-corrected chi connectivity index (χ4v) is 4.69. The Morgan fingerprint density at radius 2 is 2.19 bits per heavy atom. The number of carbonyl (C=O) groups is 1. The molecule has 1 aromatic heterocycles. The average molecular weight is 401 g/mol. The van der Waals surface area contributed by atoms with Crippen molar-refractivity contribution in [2.75, 3.05) is 19.7 Å². The second-order valence-electron chi connectivity index (χ2n) is 6.92. The van der Waals surface area contributed by atoms with Gasteiger partial charge in [-0.3, -0.25) is 4.79 Å². The van der Waals surface area contributed by atoms with Crippen LogP contribution in [-0.4, -0.2) is 35.5 Å². The quantitative estimate of drug-likeness (QED) is 0.615. The number of rotatable bonds is 4. The molecule has 1 atom stereocenters. The number of halogens is 1. The molecular formula is C21H21ClN2O2S. The summed E-state index contributed by atoms with van der Waals surface area (Å²) < 4.78 is 6.89. The number of thiazole rings is 1. The molecule has 0 N–H and O–H groups in total. The number of hydrogen-bond donors (Lipinski definition) is 0. The van der Waals surface area contributed by atoms with E-state index in [-0.39, 0.29) is 12.5 Å². The second-order valence-corrected chi connectivity index (χ2v) is 8.39. The van der Waals surface area contributed by atoms with E-state index in [0.717, 1.165) is 35.5 Å². The lowest BCUT2D eigenvalue weighted by molar-refractivity contribution is -0.134. The zero-order valence-electron chi connectivity index (χ0n) is 15.2. The maximum atomic E-state index is 12.7. The molecule has 27 heavy (non-hydrogen) atoms. The lowest BCUT2D eigenvalue weighted by Crippen LogP contribution is -2.41. The van der Waals surface area contributed by atoms with E-state index < -0.39 is 0 Å². The Balaban J connectivity index is 1.41. The van der Waals surface area contributed by atoms with Crippen molar-refractivity contribution in [2.24, 2.45) is 0 Å². The second kappa shape index (κ2) is 7.87. The summed E-state index contributed by atoms with van der Waals surface area (Å²) >= 11 is 7.88. The number of hydrogen-bond acceptors (Lipinski definition) is 4. The molecule has 4 rings (SSSR count). The Morgan fingerprint density at radius 1 is 1.33 bits per heavy atom. The molecule has 3 aromatic rings. The first-order valence-corrected chi connectivity index (χ1v) is 10.3. The van der Waals surface area contributed by atoms with Crippen molar-refractivity contribution in [3.63, 3.8) is 0 Å². The summed E-state index contributed by atoms with van der Waals surface area (Å²) in [5, 5.41) is 1.65. The number of amides is 1. The van der Waals surface area contributed by atoms with E-state index in [0.29, 0.717) is 23.2 Å². The van der Waals surface area contributed by atoms with E-state index in [1.54, 1.807) is 17.4 Å². The highest BCUT2D eigenvalue weighted by atomic mass is 35.5. The molecule has 0 saturated carbocycles. The number of piperidine rings is 1. The van der Waals surface area contributed by atoms with Crippen LogP contribution in [0, 0.1) is 6.92 Å². The maximum Gasteiger partial charge on any atom is 0.260 e. The van der Waals surface area contributed by atoms with Crippen molar-refractivity contribution >= 4 is 39.1 Å². The minimum atomic E-state index is -0.00150. The third kappa shape index (κ3) is 4.09. The highest BCUT2D eigenvalue weighted by molar-refractivity contribution is 7.18. The number of carbonyl (C=O) groups excluding carboxylic acids is 1. The molecule has 140 valence electrons. The SMILES string of the molecule is Cc1ccc(Cl)c(OCC(=O)N2CCC[C@@H](c3nc4ccccc4s3)C2)c1. The van der Waals surface area contributed by atoms with Crippen molar-refractivity contribution in [3.05, 3.63) is 58.1 Å². The molecule has 1 aliphatic rings. The van der Waals surface area contributed by atoms with Crippen LogP contribution in [0.3, 0.4) is 0 Å². The molecule has 1 fully saturated rings. The van der Waals surface area contributed by atoms with E-state index in [2.05, 4.69) is 6.07 Å². The Hall–Kier alpha value is -2.11. The van der Waals surface area contributed by atoms with Gasteiger partial charge in [0.25, 0.3) is 5.91 Å². The number of aromatic nitrogens is 1. The molecule has 0 spiro atoms. The zero-order chi connectivity index (χ0) is 18.8. The van der Waals surface area contributed by atoms with E-state index in [4.69, 9.17) is 21.3 Å². The summed E-state index contributed by atoms with van der Waals surface area (Å²) in [6.45, 7) is 3.45. The topological polar surface area (TPSA) is 42.4 Å². The monoisotopic (exact) mass is 400 g/mol. The number of ether oxygens (including phenoxy) is 1. The number of fused-ring (bicyclic) bond motifs is 1. The Bertz CT molecular complexity index is 939. The Morgan fingerprint density at radius 3 is 3.04 bits per heavy atom. The summed E-state index contributed by atoms with van der Waals surface area (Å²) in [6.07, 6.45) is 2.05. The molecule has 1 amide bonds. The highest BCUT2D eigenvalue weighted by Gasteiger charge is 2.27. The third-order valence-corrected chi connectivity index (χ3v) is 6.38. The van der Waals surface area contributed by atoms with Crippen LogP contribution in [0.1, 0.15) is 29.3 Å². The first kappa shape index (κ1) is 18.3. The lowest BCUT2D eigenvalue weighted by Gasteiger charge is -2.31. The molecule has 1 saturated heterocycles. The van der Waals surface area contributed by atoms with Crippen LogP contribution in [-0.2, 0) is 4.79 Å². The fourth-order valence-electron chi connectivity index (χ4n) is 3.42. The van der Waals surface area contributed by atoms with Crippen LogP contribution in [0.5, 0.6) is 5.75 Å². The van der Waals surface area contributed by atoms with Crippen molar-refractivity contribution in [2.45, 2.75) is 25.7 Å². The molecule has 2 heterocycles. The van der Waals surface area contributed by atoms with Gasteiger partial charge < -0.3 is 9.64 Å². The normalized spacial score (nSPS) is 17.3. The van der Waals surface area contributed by atoms with Crippen molar-refractivity contribution in [3.8, 4) is 5.75 Å². The van der Waals surface area contributed by atoms with Gasteiger partial charge in [0.1, 0.15) is 5.75 Å². The van der Waals surface area contributed by atoms with E-state index in [1.807, 2.05) is 42.2 Å². The van der Waals surface area contributed by atoms with E-state index in [9.17, 15) is 4.79 Å². The smallest absolute Gasteiger partial charge is 0.260 e. The minimum Gasteiger partial charge on any atom is -0.482 e. The van der Waals surface area contributed by atoms with Crippen LogP contribution in [0.25, 0.3) is 10.2 Å². The Kier molecular flexibility index (Phi) is 5.32. The van der Waals surface area contributed by atoms with Crippen molar-refractivity contribution in [1.29, 1.82) is 0 Å². The molecule has 0 radical (unpaired) electrons. The molecule has 4 nitrogen and oxygen atoms in total. The predicted molar refractivity (Wildman–Crippen MR) is 110 cm³/mol. The van der Waals surface area contributed by atoms with E-state index in [1.165, 1.54) is 4.70 Å². The summed E-state index contributed by atoms with van der Waals surface area (Å²) in [7, 11) is 0. The van der Waals surface area contributed by atoms with Crippen LogP contribution in [0.2, 0.25) is 5.02 Å². The van der Waals surface area contributed by atoms with Crippen molar-refractivity contribution in [1.82, 2.24) is 9.88 Å². The van der Waals surface area contributed by atoms with Gasteiger partial charge in [-0.25, -0.2) is 4.98 Å². The zero-order valence-corrected chi connectivity index (χ0v) is 16.7. The summed E-state index contributed by atoms with van der Waals surface area (Å²) in [5.41, 5.74) is 2.09. The number of nitrogens with zero attached hydrogens (tertiary/aromatic N) is 2. The van der Waals surface area contributed by atoms with Gasteiger partial charge in [0.2, 0.25) is 0 Å². The van der Waals surface area contributed by atoms with Crippen LogP contribution >= 0.6 is 22.9 Å². The van der Waals surface area contributed by atoms with Gasteiger partial charge in [-0.15, -0.1) is 11.3 Å². The summed E-state index contributed by atoms with van der Waals surface area (Å²) in [6, 6.07) is 13.8. The Labute approximate surface area is 167 Å². The van der Waals surface area contributed by atoms with Crippen LogP contribution in [0.15, 0.2) is 42.5 Å². The maximum absolute atomic E-state index is 12.7. The largest absolute Gasteiger partial charge is 0.482 e. The van der Waals surface area contributed by atoms with Gasteiger partial charge in [0, 0.05) is 19.0 Å². The number of para-hydroxylation sites is 1. The molecule has 0 unspecified atom stereocenters. The summed E-state index contributed by atoms with van der Waals surface area (Å²) in [5.74, 6) is 0.853. The molecular weight excluding hydrogens is 380 g/mol. The number of benzene rings is 2. The van der Waals surface area contributed by atoms with Crippen LogP contribution < -0.4 is 4.74 Å². The van der Waals surface area contributed by atoms with Crippen molar-refractivity contribution < 1.29 is 9.53 Å². The number of aryl methyl sites for hydroxylation is 1. The van der Waals surface area contributed by atoms with Gasteiger partial charge in [-0.1, -0.05) is 29.8 Å². The molecule has 0 bridgehead atoms. The first-order chi connectivity index (χ1) is 13.1. The molecule has 6 heteroatoms.